The highest BCUT2D eigenvalue weighted by Crippen LogP contribution is 2.35. The van der Waals surface area contributed by atoms with Crippen LogP contribution >= 0.6 is 0 Å². The third-order valence-corrected chi connectivity index (χ3v) is 5.75. The van der Waals surface area contributed by atoms with E-state index in [0.717, 1.165) is 18.9 Å². The number of rotatable bonds is 5. The van der Waals surface area contributed by atoms with E-state index in [1.165, 1.54) is 64.8 Å². The van der Waals surface area contributed by atoms with E-state index >= 15 is 0 Å². The average Bonchev–Trinajstić information content (AvgIpc) is 3.32. The Bertz CT molecular complexity index is 313. The molecule has 2 N–H and O–H groups in total. The maximum atomic E-state index is 6.20. The first-order chi connectivity index (χ1) is 9.75. The summed E-state index contributed by atoms with van der Waals surface area (Å²) in [4.78, 5) is 5.34. The standard InChI is InChI=1S/C16H31N3O/c1-20-15-3-2-6-16(11-15,13-17)19-9-7-18(8-10-19)12-14-4-5-14/h14-15H,2-13,17H2,1H3. The Balaban J connectivity index is 1.56. The number of hydrogen-bond donors (Lipinski definition) is 1. The Morgan fingerprint density at radius 1 is 1.15 bits per heavy atom. The maximum Gasteiger partial charge on any atom is 0.0589 e. The second-order valence-corrected chi connectivity index (χ2v) is 7.11. The van der Waals surface area contributed by atoms with Crippen LogP contribution in [0.4, 0.5) is 0 Å². The zero-order chi connectivity index (χ0) is 14.0. The molecule has 0 aromatic rings. The summed E-state index contributed by atoms with van der Waals surface area (Å²) in [5.74, 6) is 1.01. The van der Waals surface area contributed by atoms with Crippen molar-refractivity contribution >= 4 is 0 Å². The van der Waals surface area contributed by atoms with Gasteiger partial charge in [0.2, 0.25) is 0 Å². The fourth-order valence-corrected chi connectivity index (χ4v) is 4.16. The van der Waals surface area contributed by atoms with Crippen molar-refractivity contribution in [1.29, 1.82) is 0 Å². The van der Waals surface area contributed by atoms with Gasteiger partial charge in [-0.05, 0) is 44.4 Å². The SMILES string of the molecule is COC1CCCC(CN)(N2CCN(CC3CC3)CC2)C1. The molecule has 2 atom stereocenters. The Labute approximate surface area is 123 Å². The molecular formula is C16H31N3O. The van der Waals surface area contributed by atoms with Crippen LogP contribution in [0.15, 0.2) is 0 Å². The molecule has 0 radical (unpaired) electrons. The molecule has 3 aliphatic rings. The summed E-state index contributed by atoms with van der Waals surface area (Å²) in [5.41, 5.74) is 6.41. The first-order valence-electron chi connectivity index (χ1n) is 8.46. The van der Waals surface area contributed by atoms with Gasteiger partial charge in [0.1, 0.15) is 0 Å². The van der Waals surface area contributed by atoms with Gasteiger partial charge in [0.05, 0.1) is 6.10 Å². The van der Waals surface area contributed by atoms with Crippen molar-refractivity contribution in [3.63, 3.8) is 0 Å². The van der Waals surface area contributed by atoms with E-state index in [9.17, 15) is 0 Å². The average molecular weight is 281 g/mol. The lowest BCUT2D eigenvalue weighted by Crippen LogP contribution is -2.62. The second kappa shape index (κ2) is 6.30. The van der Waals surface area contributed by atoms with Gasteiger partial charge in [-0.25, -0.2) is 0 Å². The molecule has 2 unspecified atom stereocenters. The number of nitrogens with zero attached hydrogens (tertiary/aromatic N) is 2. The molecule has 2 saturated carbocycles. The number of nitrogens with two attached hydrogens (primary N) is 1. The van der Waals surface area contributed by atoms with E-state index in [4.69, 9.17) is 10.5 Å². The fraction of sp³-hybridized carbons (Fsp3) is 1.00. The molecule has 20 heavy (non-hydrogen) atoms. The molecule has 0 amide bonds. The Kier molecular flexibility index (Phi) is 4.65. The number of piperazine rings is 1. The summed E-state index contributed by atoms with van der Waals surface area (Å²) >= 11 is 0. The zero-order valence-electron chi connectivity index (χ0n) is 13.0. The molecule has 3 fully saturated rings. The van der Waals surface area contributed by atoms with Gasteiger partial charge in [-0.15, -0.1) is 0 Å². The molecule has 4 nitrogen and oxygen atoms in total. The van der Waals surface area contributed by atoms with E-state index in [1.54, 1.807) is 0 Å². The fourth-order valence-electron chi connectivity index (χ4n) is 4.16. The minimum Gasteiger partial charge on any atom is -0.381 e. The highest BCUT2D eigenvalue weighted by atomic mass is 16.5. The van der Waals surface area contributed by atoms with Gasteiger partial charge >= 0.3 is 0 Å². The van der Waals surface area contributed by atoms with Gasteiger partial charge < -0.3 is 15.4 Å². The van der Waals surface area contributed by atoms with Crippen molar-refractivity contribution in [2.24, 2.45) is 11.7 Å². The summed E-state index contributed by atoms with van der Waals surface area (Å²) in [6.07, 6.45) is 8.19. The van der Waals surface area contributed by atoms with Crippen LogP contribution in [-0.4, -0.2) is 67.8 Å². The van der Waals surface area contributed by atoms with Crippen LogP contribution in [0.5, 0.6) is 0 Å². The highest BCUT2D eigenvalue weighted by Gasteiger charge is 2.41. The van der Waals surface area contributed by atoms with Gasteiger partial charge in [-0.1, -0.05) is 0 Å². The Morgan fingerprint density at radius 2 is 1.90 bits per heavy atom. The van der Waals surface area contributed by atoms with E-state index in [0.29, 0.717) is 6.10 Å². The highest BCUT2D eigenvalue weighted by molar-refractivity contribution is 4.99. The van der Waals surface area contributed by atoms with Crippen molar-refractivity contribution in [3.05, 3.63) is 0 Å². The topological polar surface area (TPSA) is 41.7 Å². The molecule has 0 bridgehead atoms. The van der Waals surface area contributed by atoms with Crippen LogP contribution < -0.4 is 5.73 Å². The third kappa shape index (κ3) is 3.19. The Morgan fingerprint density at radius 3 is 2.50 bits per heavy atom. The van der Waals surface area contributed by atoms with E-state index in [1.807, 2.05) is 7.11 Å². The lowest BCUT2D eigenvalue weighted by molar-refractivity contribution is -0.0399. The third-order valence-electron chi connectivity index (χ3n) is 5.75. The molecule has 0 aromatic heterocycles. The predicted octanol–water partition coefficient (Wildman–Crippen LogP) is 1.30. The minimum atomic E-state index is 0.213. The van der Waals surface area contributed by atoms with Crippen molar-refractivity contribution < 1.29 is 4.74 Å². The molecular weight excluding hydrogens is 250 g/mol. The molecule has 2 aliphatic carbocycles. The molecule has 3 rings (SSSR count). The molecule has 0 spiro atoms. The normalized spacial score (nSPS) is 37.2. The van der Waals surface area contributed by atoms with Gasteiger partial charge in [0, 0.05) is 51.9 Å². The number of hydrogen-bond acceptors (Lipinski definition) is 4. The monoisotopic (exact) mass is 281 g/mol. The minimum absolute atomic E-state index is 0.213. The van der Waals surface area contributed by atoms with E-state index < -0.39 is 0 Å². The van der Waals surface area contributed by atoms with Crippen molar-refractivity contribution in [2.75, 3.05) is 46.4 Å². The largest absolute Gasteiger partial charge is 0.381 e. The molecule has 4 heteroatoms. The van der Waals surface area contributed by atoms with Gasteiger partial charge in [-0.2, -0.15) is 0 Å². The van der Waals surface area contributed by atoms with Gasteiger partial charge in [0.15, 0.2) is 0 Å². The van der Waals surface area contributed by atoms with Crippen molar-refractivity contribution in [1.82, 2.24) is 9.80 Å². The quantitative estimate of drug-likeness (QED) is 0.825. The van der Waals surface area contributed by atoms with Crippen LogP contribution in [-0.2, 0) is 4.74 Å². The molecule has 116 valence electrons. The molecule has 1 saturated heterocycles. The molecule has 0 aromatic carbocycles. The lowest BCUT2D eigenvalue weighted by atomic mass is 9.78. The smallest absolute Gasteiger partial charge is 0.0589 e. The van der Waals surface area contributed by atoms with Gasteiger partial charge in [-0.3, -0.25) is 4.90 Å². The summed E-state index contributed by atoms with van der Waals surface area (Å²) in [5, 5.41) is 0. The van der Waals surface area contributed by atoms with Crippen molar-refractivity contribution in [3.8, 4) is 0 Å². The van der Waals surface area contributed by atoms with Crippen molar-refractivity contribution in [2.45, 2.75) is 50.2 Å². The maximum absolute atomic E-state index is 6.20. The first kappa shape index (κ1) is 14.8. The Hall–Kier alpha value is -0.160. The van der Waals surface area contributed by atoms with Crippen LogP contribution in [0.25, 0.3) is 0 Å². The van der Waals surface area contributed by atoms with Crippen LogP contribution in [0.1, 0.15) is 38.5 Å². The van der Waals surface area contributed by atoms with Crippen LogP contribution in [0, 0.1) is 5.92 Å². The first-order valence-corrected chi connectivity index (χ1v) is 8.46. The van der Waals surface area contributed by atoms with Crippen LogP contribution in [0.3, 0.4) is 0 Å². The molecule has 1 aliphatic heterocycles. The lowest BCUT2D eigenvalue weighted by Gasteiger charge is -2.50. The number of methoxy groups -OCH3 is 1. The summed E-state index contributed by atoms with van der Waals surface area (Å²) < 4.78 is 5.63. The zero-order valence-corrected chi connectivity index (χ0v) is 13.0. The summed E-state index contributed by atoms with van der Waals surface area (Å²) in [6.45, 7) is 6.98. The van der Waals surface area contributed by atoms with E-state index in [-0.39, 0.29) is 5.54 Å². The summed E-state index contributed by atoms with van der Waals surface area (Å²) in [6, 6.07) is 0. The second-order valence-electron chi connectivity index (χ2n) is 7.11. The predicted molar refractivity (Wildman–Crippen MR) is 81.8 cm³/mol. The van der Waals surface area contributed by atoms with Gasteiger partial charge in [0.25, 0.3) is 0 Å². The van der Waals surface area contributed by atoms with E-state index in [2.05, 4.69) is 9.80 Å². The number of ether oxygens (including phenoxy) is 1. The molecule has 1 heterocycles. The summed E-state index contributed by atoms with van der Waals surface area (Å²) in [7, 11) is 1.85. The van der Waals surface area contributed by atoms with Crippen LogP contribution in [0.2, 0.25) is 0 Å².